The monoisotopic (exact) mass is 296 g/mol. The number of nitrogens with one attached hydrogen (secondary N) is 2. The number of aromatic nitrogens is 3. The smallest absolute Gasteiger partial charge is 0.141 e. The maximum Gasteiger partial charge on any atom is 0.141 e. The van der Waals surface area contributed by atoms with E-state index in [4.69, 9.17) is 4.74 Å². The van der Waals surface area contributed by atoms with Crippen LogP contribution in [0.5, 0.6) is 0 Å². The van der Waals surface area contributed by atoms with Gasteiger partial charge < -0.3 is 10.1 Å². The molecule has 2 N–H and O–H groups in total. The van der Waals surface area contributed by atoms with Gasteiger partial charge >= 0.3 is 0 Å². The molecule has 0 radical (unpaired) electrons. The Kier molecular flexibility index (Phi) is 4.63. The Labute approximate surface area is 124 Å². The van der Waals surface area contributed by atoms with Crippen molar-refractivity contribution in [3.63, 3.8) is 0 Å². The number of hydrogen-bond donors (Lipinski definition) is 2. The molecule has 0 amide bonds. The first-order chi connectivity index (χ1) is 9.83. The summed E-state index contributed by atoms with van der Waals surface area (Å²) in [6.45, 7) is 4.09. The lowest BCUT2D eigenvalue weighted by Gasteiger charge is -2.40. The van der Waals surface area contributed by atoms with Crippen molar-refractivity contribution in [1.82, 2.24) is 20.5 Å². The van der Waals surface area contributed by atoms with Crippen LogP contribution in [-0.4, -0.2) is 45.4 Å². The lowest BCUT2D eigenvalue weighted by atomic mass is 9.81. The van der Waals surface area contributed by atoms with Gasteiger partial charge in [-0.15, -0.1) is 0 Å². The predicted octanol–water partition coefficient (Wildman–Crippen LogP) is 2.15. The highest BCUT2D eigenvalue weighted by Gasteiger charge is 2.43. The quantitative estimate of drug-likeness (QED) is 0.871. The summed E-state index contributed by atoms with van der Waals surface area (Å²) in [5.74, 6) is 3.95. The first kappa shape index (κ1) is 14.4. The molecule has 1 aromatic rings. The summed E-state index contributed by atoms with van der Waals surface area (Å²) < 4.78 is 6.13. The fraction of sp³-hybridized carbons (Fsp3) is 0.857. The van der Waals surface area contributed by atoms with E-state index in [-0.39, 0.29) is 11.6 Å². The number of thioether (sulfide) groups is 1. The molecule has 20 heavy (non-hydrogen) atoms. The third kappa shape index (κ3) is 3.02. The molecule has 0 aromatic carbocycles. The minimum absolute atomic E-state index is 0.125. The van der Waals surface area contributed by atoms with E-state index in [2.05, 4.69) is 27.4 Å². The number of rotatable bonds is 5. The van der Waals surface area contributed by atoms with E-state index in [9.17, 15) is 0 Å². The van der Waals surface area contributed by atoms with Crippen LogP contribution < -0.4 is 5.32 Å². The Morgan fingerprint density at radius 1 is 1.65 bits per heavy atom. The molecule has 0 aliphatic carbocycles. The molecule has 3 unspecified atom stereocenters. The Hall–Kier alpha value is -0.590. The van der Waals surface area contributed by atoms with Crippen molar-refractivity contribution in [2.24, 2.45) is 5.92 Å². The average Bonchev–Trinajstić information content (AvgIpc) is 3.12. The molecule has 2 fully saturated rings. The molecule has 0 saturated carbocycles. The Morgan fingerprint density at radius 3 is 3.30 bits per heavy atom. The van der Waals surface area contributed by atoms with Gasteiger partial charge in [0.15, 0.2) is 0 Å². The molecule has 2 saturated heterocycles. The molecule has 3 atom stereocenters. The fourth-order valence-corrected chi connectivity index (χ4v) is 4.74. The van der Waals surface area contributed by atoms with E-state index in [0.717, 1.165) is 44.0 Å². The van der Waals surface area contributed by atoms with E-state index in [0.29, 0.717) is 5.92 Å². The second-order valence-corrected chi connectivity index (χ2v) is 6.99. The molecule has 2 aliphatic rings. The number of nitrogens with zero attached hydrogens (tertiary/aromatic N) is 2. The molecule has 3 heterocycles. The summed E-state index contributed by atoms with van der Waals surface area (Å²) in [6, 6.07) is 0.281. The SMILES string of the molecule is CCCNC(c1ncn[nH]1)C1CCOC2(CCSC2)C1. The lowest BCUT2D eigenvalue weighted by Crippen LogP contribution is -2.44. The van der Waals surface area contributed by atoms with Gasteiger partial charge in [-0.25, -0.2) is 4.98 Å². The van der Waals surface area contributed by atoms with Gasteiger partial charge in [0.25, 0.3) is 0 Å². The largest absolute Gasteiger partial charge is 0.374 e. The maximum atomic E-state index is 6.13. The molecule has 0 bridgehead atoms. The topological polar surface area (TPSA) is 62.8 Å². The third-order valence-electron chi connectivity index (χ3n) is 4.41. The zero-order valence-electron chi connectivity index (χ0n) is 12.1. The van der Waals surface area contributed by atoms with Crippen LogP contribution >= 0.6 is 11.8 Å². The number of ether oxygens (including phenoxy) is 1. The van der Waals surface area contributed by atoms with Crippen LogP contribution in [0, 0.1) is 5.92 Å². The van der Waals surface area contributed by atoms with Crippen LogP contribution in [-0.2, 0) is 4.74 Å². The standard InChI is InChI=1S/C14H24N4OS/c1-2-5-15-12(13-16-10-17-18-13)11-3-6-19-14(8-11)4-7-20-9-14/h10-12,15H,2-9H2,1H3,(H,16,17,18). The second kappa shape index (κ2) is 6.45. The first-order valence-electron chi connectivity index (χ1n) is 7.63. The first-order valence-corrected chi connectivity index (χ1v) is 8.79. The van der Waals surface area contributed by atoms with Crippen LogP contribution in [0.3, 0.4) is 0 Å². The van der Waals surface area contributed by atoms with Gasteiger partial charge in [-0.1, -0.05) is 6.92 Å². The zero-order chi connectivity index (χ0) is 13.8. The van der Waals surface area contributed by atoms with Crippen molar-refractivity contribution in [3.8, 4) is 0 Å². The summed E-state index contributed by atoms with van der Waals surface area (Å²) in [7, 11) is 0. The Bertz CT molecular complexity index is 405. The molecule has 1 aromatic heterocycles. The highest BCUT2D eigenvalue weighted by Crippen LogP contribution is 2.43. The Balaban J connectivity index is 1.72. The molecule has 5 nitrogen and oxygen atoms in total. The van der Waals surface area contributed by atoms with E-state index >= 15 is 0 Å². The van der Waals surface area contributed by atoms with E-state index < -0.39 is 0 Å². The number of H-pyrrole nitrogens is 1. The average molecular weight is 296 g/mol. The highest BCUT2D eigenvalue weighted by molar-refractivity contribution is 7.99. The maximum absolute atomic E-state index is 6.13. The van der Waals surface area contributed by atoms with Gasteiger partial charge in [-0.2, -0.15) is 16.9 Å². The summed E-state index contributed by atoms with van der Waals surface area (Å²) in [6.07, 6.45) is 6.19. The van der Waals surface area contributed by atoms with Gasteiger partial charge in [0, 0.05) is 12.4 Å². The van der Waals surface area contributed by atoms with Gasteiger partial charge in [-0.05, 0) is 43.9 Å². The summed E-state index contributed by atoms with van der Waals surface area (Å²) in [4.78, 5) is 4.38. The van der Waals surface area contributed by atoms with E-state index in [1.165, 1.54) is 12.2 Å². The van der Waals surface area contributed by atoms with E-state index in [1.54, 1.807) is 6.33 Å². The molecule has 6 heteroatoms. The Morgan fingerprint density at radius 2 is 2.60 bits per heavy atom. The van der Waals surface area contributed by atoms with Gasteiger partial charge in [-0.3, -0.25) is 5.10 Å². The highest BCUT2D eigenvalue weighted by atomic mass is 32.2. The van der Waals surface area contributed by atoms with Crippen molar-refractivity contribution < 1.29 is 4.74 Å². The van der Waals surface area contributed by atoms with Gasteiger partial charge in [0.05, 0.1) is 11.6 Å². The van der Waals surface area contributed by atoms with Gasteiger partial charge in [0.2, 0.25) is 0 Å². The lowest BCUT2D eigenvalue weighted by molar-refractivity contribution is -0.0858. The summed E-state index contributed by atoms with van der Waals surface area (Å²) in [5, 5.41) is 10.7. The third-order valence-corrected chi connectivity index (χ3v) is 5.64. The minimum Gasteiger partial charge on any atom is -0.374 e. The number of hydrogen-bond acceptors (Lipinski definition) is 5. The molecule has 1 spiro atoms. The van der Waals surface area contributed by atoms with Crippen LogP contribution in [0.2, 0.25) is 0 Å². The van der Waals surface area contributed by atoms with Crippen molar-refractivity contribution >= 4 is 11.8 Å². The van der Waals surface area contributed by atoms with Crippen molar-refractivity contribution in [1.29, 1.82) is 0 Å². The number of aromatic amines is 1. The van der Waals surface area contributed by atoms with Crippen molar-refractivity contribution in [2.75, 3.05) is 24.7 Å². The van der Waals surface area contributed by atoms with Crippen molar-refractivity contribution in [2.45, 2.75) is 44.2 Å². The van der Waals surface area contributed by atoms with Crippen LogP contribution in [0.25, 0.3) is 0 Å². The molecule has 3 rings (SSSR count). The second-order valence-electron chi connectivity index (χ2n) is 5.89. The molecular weight excluding hydrogens is 272 g/mol. The van der Waals surface area contributed by atoms with Crippen molar-refractivity contribution in [3.05, 3.63) is 12.2 Å². The van der Waals surface area contributed by atoms with Crippen LogP contribution in [0.15, 0.2) is 6.33 Å². The van der Waals surface area contributed by atoms with E-state index in [1.807, 2.05) is 11.8 Å². The molecule has 112 valence electrons. The summed E-state index contributed by atoms with van der Waals surface area (Å²) in [5.41, 5.74) is 0.125. The fourth-order valence-electron chi connectivity index (χ4n) is 3.36. The molecule has 2 aliphatic heterocycles. The summed E-state index contributed by atoms with van der Waals surface area (Å²) >= 11 is 2.03. The minimum atomic E-state index is 0.125. The van der Waals surface area contributed by atoms with Crippen LogP contribution in [0.4, 0.5) is 0 Å². The zero-order valence-corrected chi connectivity index (χ0v) is 12.9. The molecular formula is C14H24N4OS. The van der Waals surface area contributed by atoms with Gasteiger partial charge in [0.1, 0.15) is 12.2 Å². The van der Waals surface area contributed by atoms with Crippen LogP contribution in [0.1, 0.15) is 44.5 Å². The predicted molar refractivity (Wildman–Crippen MR) is 80.8 cm³/mol. The normalized spacial score (nSPS) is 31.8.